The van der Waals surface area contributed by atoms with Gasteiger partial charge in [0.1, 0.15) is 5.82 Å². The number of piperidine rings is 1. The highest BCUT2D eigenvalue weighted by Crippen LogP contribution is 2.26. The van der Waals surface area contributed by atoms with Gasteiger partial charge in [-0.15, -0.1) is 0 Å². The van der Waals surface area contributed by atoms with Gasteiger partial charge in [-0.1, -0.05) is 0 Å². The number of nitro benzene ring substituents is 1. The fraction of sp³-hybridized carbons (Fsp3) is 0.375. The summed E-state index contributed by atoms with van der Waals surface area (Å²) in [6, 6.07) is 8.28. The van der Waals surface area contributed by atoms with Crippen molar-refractivity contribution in [1.82, 2.24) is 4.98 Å². The van der Waals surface area contributed by atoms with Crippen LogP contribution in [0.2, 0.25) is 0 Å². The highest BCUT2D eigenvalue weighted by molar-refractivity contribution is 5.82. The maximum atomic E-state index is 11.7. The molecule has 7 nitrogen and oxygen atoms in total. The van der Waals surface area contributed by atoms with E-state index in [-0.39, 0.29) is 17.6 Å². The Morgan fingerprint density at radius 2 is 2.22 bits per heavy atom. The zero-order valence-electron chi connectivity index (χ0n) is 12.8. The molecular weight excluding hydrogens is 298 g/mol. The lowest BCUT2D eigenvalue weighted by molar-refractivity contribution is -0.384. The second kappa shape index (κ2) is 6.20. The van der Waals surface area contributed by atoms with E-state index < -0.39 is 4.92 Å². The third-order valence-corrected chi connectivity index (χ3v) is 4.15. The fourth-order valence-corrected chi connectivity index (χ4v) is 2.94. The van der Waals surface area contributed by atoms with Gasteiger partial charge >= 0.3 is 5.97 Å². The number of ether oxygens (including phenoxy) is 1. The van der Waals surface area contributed by atoms with Gasteiger partial charge in [0.05, 0.1) is 23.5 Å². The van der Waals surface area contributed by atoms with E-state index in [4.69, 9.17) is 4.74 Å². The van der Waals surface area contributed by atoms with Crippen molar-refractivity contribution in [1.29, 1.82) is 0 Å². The lowest BCUT2D eigenvalue weighted by Gasteiger charge is -2.32. The number of nitrogens with zero attached hydrogens (tertiary/aromatic N) is 3. The molecule has 0 spiro atoms. The van der Waals surface area contributed by atoms with Crippen LogP contribution in [0.15, 0.2) is 30.3 Å². The van der Waals surface area contributed by atoms with E-state index >= 15 is 0 Å². The Morgan fingerprint density at radius 1 is 1.39 bits per heavy atom. The number of anilines is 1. The molecule has 3 rings (SSSR count). The van der Waals surface area contributed by atoms with Crippen LogP contribution in [0.5, 0.6) is 0 Å². The Morgan fingerprint density at radius 3 is 2.96 bits per heavy atom. The Labute approximate surface area is 133 Å². The number of fused-ring (bicyclic) bond motifs is 1. The van der Waals surface area contributed by atoms with Crippen LogP contribution in [-0.4, -0.2) is 36.1 Å². The summed E-state index contributed by atoms with van der Waals surface area (Å²) in [7, 11) is 1.41. The van der Waals surface area contributed by atoms with Gasteiger partial charge in [0.15, 0.2) is 0 Å². The Kier molecular flexibility index (Phi) is 4.10. The summed E-state index contributed by atoms with van der Waals surface area (Å²) in [5, 5.41) is 11.5. The number of hydrogen-bond donors (Lipinski definition) is 0. The zero-order valence-corrected chi connectivity index (χ0v) is 12.8. The van der Waals surface area contributed by atoms with Crippen LogP contribution in [0.1, 0.15) is 12.8 Å². The molecule has 1 aliphatic rings. The van der Waals surface area contributed by atoms with Crippen molar-refractivity contribution in [2.24, 2.45) is 5.92 Å². The van der Waals surface area contributed by atoms with Gasteiger partial charge in [-0.3, -0.25) is 14.9 Å². The van der Waals surface area contributed by atoms with E-state index in [2.05, 4.69) is 9.88 Å². The summed E-state index contributed by atoms with van der Waals surface area (Å²) in [6.45, 7) is 1.41. The third kappa shape index (κ3) is 3.08. The lowest BCUT2D eigenvalue weighted by atomic mass is 9.98. The SMILES string of the molecule is COC(=O)[C@H]1CCCN(c2ccc3cc([N+](=O)[O-])ccc3n2)C1. The van der Waals surface area contributed by atoms with Gasteiger partial charge in [0.25, 0.3) is 5.69 Å². The number of carbonyl (C=O) groups is 1. The van der Waals surface area contributed by atoms with Gasteiger partial charge in [-0.25, -0.2) is 4.98 Å². The van der Waals surface area contributed by atoms with Crippen LogP contribution >= 0.6 is 0 Å². The predicted octanol–water partition coefficient (Wildman–Crippen LogP) is 2.53. The maximum absolute atomic E-state index is 11.7. The van der Waals surface area contributed by atoms with Gasteiger partial charge in [-0.2, -0.15) is 0 Å². The summed E-state index contributed by atoms with van der Waals surface area (Å²) in [5.41, 5.74) is 0.754. The van der Waals surface area contributed by atoms with Crippen molar-refractivity contribution in [2.45, 2.75) is 12.8 Å². The predicted molar refractivity (Wildman–Crippen MR) is 85.4 cm³/mol. The quantitative estimate of drug-likeness (QED) is 0.491. The molecule has 2 heterocycles. The minimum atomic E-state index is -0.418. The highest BCUT2D eigenvalue weighted by atomic mass is 16.6. The molecular formula is C16H17N3O4. The van der Waals surface area contributed by atoms with Crippen LogP contribution in [0.4, 0.5) is 11.5 Å². The summed E-state index contributed by atoms with van der Waals surface area (Å²) in [6.07, 6.45) is 1.72. The maximum Gasteiger partial charge on any atom is 0.310 e. The highest BCUT2D eigenvalue weighted by Gasteiger charge is 2.27. The summed E-state index contributed by atoms with van der Waals surface area (Å²) in [5.74, 6) is 0.453. The van der Waals surface area contributed by atoms with Crippen molar-refractivity contribution >= 4 is 28.4 Å². The molecule has 0 unspecified atom stereocenters. The van der Waals surface area contributed by atoms with E-state index in [9.17, 15) is 14.9 Å². The largest absolute Gasteiger partial charge is 0.469 e. The average Bonchev–Trinajstić information content (AvgIpc) is 2.60. The number of pyridine rings is 1. The molecule has 1 aliphatic heterocycles. The molecule has 0 N–H and O–H groups in total. The van der Waals surface area contributed by atoms with Crippen molar-refractivity contribution in [3.05, 3.63) is 40.4 Å². The Hall–Kier alpha value is -2.70. The first-order valence-corrected chi connectivity index (χ1v) is 7.46. The van der Waals surface area contributed by atoms with Crippen LogP contribution in [0.3, 0.4) is 0 Å². The minimum absolute atomic E-state index is 0.0516. The molecule has 7 heteroatoms. The minimum Gasteiger partial charge on any atom is -0.469 e. The number of aromatic nitrogens is 1. The van der Waals surface area contributed by atoms with E-state index in [0.29, 0.717) is 12.1 Å². The number of nitro groups is 1. The van der Waals surface area contributed by atoms with Crippen LogP contribution in [0.25, 0.3) is 10.9 Å². The number of rotatable bonds is 3. The number of benzene rings is 1. The van der Waals surface area contributed by atoms with Gasteiger partial charge in [-0.05, 0) is 31.0 Å². The van der Waals surface area contributed by atoms with Crippen LogP contribution < -0.4 is 4.90 Å². The first-order valence-electron chi connectivity index (χ1n) is 7.46. The smallest absolute Gasteiger partial charge is 0.310 e. The molecule has 0 aliphatic carbocycles. The normalized spacial score (nSPS) is 18.0. The molecule has 1 fully saturated rings. The van der Waals surface area contributed by atoms with Crippen LogP contribution in [0, 0.1) is 16.0 Å². The molecule has 0 amide bonds. The zero-order chi connectivity index (χ0) is 16.4. The monoisotopic (exact) mass is 315 g/mol. The number of hydrogen-bond acceptors (Lipinski definition) is 6. The second-order valence-corrected chi connectivity index (χ2v) is 5.61. The number of carbonyl (C=O) groups excluding carboxylic acids is 1. The average molecular weight is 315 g/mol. The first-order chi connectivity index (χ1) is 11.1. The van der Waals surface area contributed by atoms with Crippen molar-refractivity contribution in [3.8, 4) is 0 Å². The molecule has 23 heavy (non-hydrogen) atoms. The van der Waals surface area contributed by atoms with E-state index in [1.54, 1.807) is 6.07 Å². The summed E-state index contributed by atoms with van der Waals surface area (Å²) >= 11 is 0. The van der Waals surface area contributed by atoms with Gasteiger partial charge in [0, 0.05) is 30.6 Å². The van der Waals surface area contributed by atoms with Gasteiger partial charge < -0.3 is 9.64 Å². The number of methoxy groups -OCH3 is 1. The third-order valence-electron chi connectivity index (χ3n) is 4.15. The first kappa shape index (κ1) is 15.2. The van der Waals surface area contributed by atoms with Crippen molar-refractivity contribution in [3.63, 3.8) is 0 Å². The standard InChI is InChI=1S/C16H17N3O4/c1-23-16(20)12-3-2-8-18(10-12)15-7-4-11-9-13(19(21)22)5-6-14(11)17-15/h4-7,9,12H,2-3,8,10H2,1H3/t12-/m0/s1. The molecule has 0 radical (unpaired) electrons. The molecule has 0 bridgehead atoms. The lowest BCUT2D eigenvalue weighted by Crippen LogP contribution is -2.39. The molecule has 1 saturated heterocycles. The number of non-ortho nitro benzene ring substituents is 1. The van der Waals surface area contributed by atoms with Gasteiger partial charge in [0.2, 0.25) is 0 Å². The molecule has 0 saturated carbocycles. The van der Waals surface area contributed by atoms with E-state index in [1.165, 1.54) is 19.2 Å². The van der Waals surface area contributed by atoms with E-state index in [0.717, 1.165) is 30.6 Å². The topological polar surface area (TPSA) is 85.6 Å². The van der Waals surface area contributed by atoms with Crippen LogP contribution in [-0.2, 0) is 9.53 Å². The Bertz CT molecular complexity index is 762. The number of esters is 1. The molecule has 1 aromatic heterocycles. The molecule has 1 atom stereocenters. The Balaban J connectivity index is 1.86. The molecule has 1 aromatic carbocycles. The van der Waals surface area contributed by atoms with Crippen molar-refractivity contribution in [2.75, 3.05) is 25.1 Å². The summed E-state index contributed by atoms with van der Waals surface area (Å²) < 4.78 is 4.83. The van der Waals surface area contributed by atoms with Crippen molar-refractivity contribution < 1.29 is 14.5 Å². The van der Waals surface area contributed by atoms with E-state index in [1.807, 2.05) is 12.1 Å². The second-order valence-electron chi connectivity index (χ2n) is 5.61. The summed E-state index contributed by atoms with van der Waals surface area (Å²) in [4.78, 5) is 28.8. The molecule has 2 aromatic rings. The molecule has 120 valence electrons. The fourth-order valence-electron chi connectivity index (χ4n) is 2.94.